The Morgan fingerprint density at radius 1 is 0.862 bits per heavy atom. The molecule has 0 fully saturated rings. The monoisotopic (exact) mass is 382 g/mol. The molecule has 0 atom stereocenters. The molecule has 2 aromatic carbocycles. The van der Waals surface area contributed by atoms with Crippen molar-refractivity contribution < 1.29 is 4.79 Å². The van der Waals surface area contributed by atoms with E-state index in [1.807, 2.05) is 54.6 Å². The van der Waals surface area contributed by atoms with Gasteiger partial charge in [-0.3, -0.25) is 14.8 Å². The van der Waals surface area contributed by atoms with Crippen LogP contribution in [0.5, 0.6) is 0 Å². The number of benzene rings is 2. The lowest BCUT2D eigenvalue weighted by Crippen LogP contribution is -2.25. The maximum absolute atomic E-state index is 12.5. The summed E-state index contributed by atoms with van der Waals surface area (Å²) in [6, 6.07) is 23.8. The molecular weight excluding hydrogens is 360 g/mol. The third-order valence-corrected chi connectivity index (χ3v) is 4.67. The summed E-state index contributed by atoms with van der Waals surface area (Å²) >= 11 is 0. The lowest BCUT2D eigenvalue weighted by molar-refractivity contribution is 0.0948. The van der Waals surface area contributed by atoms with E-state index in [4.69, 9.17) is 0 Å². The molecule has 2 N–H and O–H groups in total. The molecule has 29 heavy (non-hydrogen) atoms. The van der Waals surface area contributed by atoms with Crippen molar-refractivity contribution in [2.75, 3.05) is 11.9 Å². The van der Waals surface area contributed by atoms with Gasteiger partial charge in [0.05, 0.1) is 11.2 Å². The second-order valence-electron chi connectivity index (χ2n) is 6.78. The summed E-state index contributed by atoms with van der Waals surface area (Å²) in [4.78, 5) is 21.1. The molecule has 0 aliphatic carbocycles. The number of carbonyl (C=O) groups excluding carboxylic acids is 1. The summed E-state index contributed by atoms with van der Waals surface area (Å²) in [5.41, 5.74) is 4.24. The fraction of sp³-hybridized carbons (Fsp3) is 0.125. The molecule has 4 rings (SSSR count). The van der Waals surface area contributed by atoms with Crippen molar-refractivity contribution in [1.29, 1.82) is 0 Å². The number of rotatable bonds is 7. The fourth-order valence-corrected chi connectivity index (χ4v) is 3.22. The zero-order valence-electron chi connectivity index (χ0n) is 16.0. The molecule has 5 nitrogen and oxygen atoms in total. The minimum absolute atomic E-state index is 0.169. The fourth-order valence-electron chi connectivity index (χ4n) is 3.22. The summed E-state index contributed by atoms with van der Waals surface area (Å²) in [5, 5.41) is 7.36. The second-order valence-corrected chi connectivity index (χ2v) is 6.78. The van der Waals surface area contributed by atoms with Crippen LogP contribution in [0.1, 0.15) is 22.5 Å². The molecule has 2 heterocycles. The van der Waals surface area contributed by atoms with E-state index in [1.165, 1.54) is 5.56 Å². The van der Waals surface area contributed by atoms with Gasteiger partial charge in [-0.05, 0) is 42.7 Å². The average molecular weight is 382 g/mol. The van der Waals surface area contributed by atoms with Crippen molar-refractivity contribution in [3.8, 4) is 0 Å². The van der Waals surface area contributed by atoms with Crippen LogP contribution in [-0.2, 0) is 6.42 Å². The molecule has 0 spiro atoms. The van der Waals surface area contributed by atoms with Gasteiger partial charge >= 0.3 is 0 Å². The molecule has 0 saturated carbocycles. The number of carbonyl (C=O) groups is 1. The molecule has 0 saturated heterocycles. The number of nitrogens with zero attached hydrogens (tertiary/aromatic N) is 2. The van der Waals surface area contributed by atoms with Gasteiger partial charge < -0.3 is 10.6 Å². The second kappa shape index (κ2) is 8.97. The van der Waals surface area contributed by atoms with E-state index in [9.17, 15) is 4.79 Å². The number of nitrogens with one attached hydrogen (secondary N) is 2. The lowest BCUT2D eigenvalue weighted by atomic mass is 10.1. The van der Waals surface area contributed by atoms with Crippen LogP contribution in [0.25, 0.3) is 10.9 Å². The van der Waals surface area contributed by atoms with Gasteiger partial charge in [0.1, 0.15) is 5.69 Å². The van der Waals surface area contributed by atoms with Crippen molar-refractivity contribution in [2.24, 2.45) is 0 Å². The molecule has 5 heteroatoms. The molecule has 0 aliphatic rings. The van der Waals surface area contributed by atoms with E-state index < -0.39 is 0 Å². The smallest absolute Gasteiger partial charge is 0.269 e. The molecule has 0 bridgehead atoms. The maximum atomic E-state index is 12.5. The van der Waals surface area contributed by atoms with Crippen LogP contribution in [0.3, 0.4) is 0 Å². The van der Waals surface area contributed by atoms with E-state index in [0.29, 0.717) is 12.2 Å². The van der Waals surface area contributed by atoms with E-state index >= 15 is 0 Å². The van der Waals surface area contributed by atoms with Gasteiger partial charge in [0, 0.05) is 30.0 Å². The number of amides is 1. The molecule has 4 aromatic rings. The zero-order chi connectivity index (χ0) is 19.9. The predicted molar refractivity (Wildman–Crippen MR) is 116 cm³/mol. The normalized spacial score (nSPS) is 10.6. The SMILES string of the molecule is O=C(NCCCc1ccccc1)c1cc(Nc2cccc3cccnc23)ccn1. The number of pyridine rings is 2. The van der Waals surface area contributed by atoms with E-state index in [2.05, 4.69) is 32.7 Å². The molecular formula is C24H22N4O. The summed E-state index contributed by atoms with van der Waals surface area (Å²) < 4.78 is 0. The highest BCUT2D eigenvalue weighted by Crippen LogP contribution is 2.24. The maximum Gasteiger partial charge on any atom is 0.269 e. The van der Waals surface area contributed by atoms with Gasteiger partial charge in [0.2, 0.25) is 0 Å². The Kier molecular flexibility index (Phi) is 5.76. The van der Waals surface area contributed by atoms with Gasteiger partial charge in [-0.25, -0.2) is 0 Å². The van der Waals surface area contributed by atoms with Crippen LogP contribution in [0.4, 0.5) is 11.4 Å². The molecule has 0 radical (unpaired) electrons. The number of hydrogen-bond donors (Lipinski definition) is 2. The Bertz CT molecular complexity index is 1110. The Hall–Kier alpha value is -3.73. The quantitative estimate of drug-likeness (QED) is 0.453. The van der Waals surface area contributed by atoms with Crippen LogP contribution in [0.2, 0.25) is 0 Å². The van der Waals surface area contributed by atoms with Crippen LogP contribution in [0, 0.1) is 0 Å². The van der Waals surface area contributed by atoms with Crippen molar-refractivity contribution in [2.45, 2.75) is 12.8 Å². The molecule has 144 valence electrons. The minimum Gasteiger partial charge on any atom is -0.354 e. The summed E-state index contributed by atoms with van der Waals surface area (Å²) in [6.07, 6.45) is 5.23. The topological polar surface area (TPSA) is 66.9 Å². The molecule has 0 unspecified atom stereocenters. The predicted octanol–water partition coefficient (Wildman–Crippen LogP) is 4.74. The number of para-hydroxylation sites is 1. The van der Waals surface area contributed by atoms with E-state index in [0.717, 1.165) is 35.1 Å². The van der Waals surface area contributed by atoms with Crippen molar-refractivity contribution in [1.82, 2.24) is 15.3 Å². The Morgan fingerprint density at radius 3 is 2.62 bits per heavy atom. The Morgan fingerprint density at radius 2 is 1.72 bits per heavy atom. The highest BCUT2D eigenvalue weighted by Gasteiger charge is 2.09. The average Bonchev–Trinajstić information content (AvgIpc) is 2.78. The van der Waals surface area contributed by atoms with Gasteiger partial charge in [-0.1, -0.05) is 48.5 Å². The standard InChI is InChI=1S/C24H22N4O/c29-24(27-15-5-9-18-7-2-1-3-8-18)22-17-20(13-16-25-22)28-21-12-4-10-19-11-6-14-26-23(19)21/h1-4,6-8,10-14,16-17H,5,9,15H2,(H,25,28)(H,27,29). The lowest BCUT2D eigenvalue weighted by Gasteiger charge is -2.10. The van der Waals surface area contributed by atoms with Gasteiger partial charge in [-0.15, -0.1) is 0 Å². The summed E-state index contributed by atoms with van der Waals surface area (Å²) in [7, 11) is 0. The first-order valence-corrected chi connectivity index (χ1v) is 9.68. The zero-order valence-corrected chi connectivity index (χ0v) is 16.0. The molecule has 0 aliphatic heterocycles. The van der Waals surface area contributed by atoms with Crippen molar-refractivity contribution in [3.63, 3.8) is 0 Å². The third-order valence-electron chi connectivity index (χ3n) is 4.67. The molecule has 2 aromatic heterocycles. The van der Waals surface area contributed by atoms with E-state index in [1.54, 1.807) is 18.5 Å². The first-order valence-electron chi connectivity index (χ1n) is 9.68. The van der Waals surface area contributed by atoms with Gasteiger partial charge in [-0.2, -0.15) is 0 Å². The first kappa shape index (κ1) is 18.6. The number of aromatic nitrogens is 2. The van der Waals surface area contributed by atoms with Crippen LogP contribution in [-0.4, -0.2) is 22.4 Å². The third kappa shape index (κ3) is 4.76. The Labute approximate surface area is 169 Å². The number of anilines is 2. The van der Waals surface area contributed by atoms with Crippen LogP contribution >= 0.6 is 0 Å². The molecule has 1 amide bonds. The van der Waals surface area contributed by atoms with Crippen LogP contribution < -0.4 is 10.6 Å². The number of fused-ring (bicyclic) bond motifs is 1. The first-order chi connectivity index (χ1) is 14.3. The van der Waals surface area contributed by atoms with E-state index in [-0.39, 0.29) is 5.91 Å². The summed E-state index contributed by atoms with van der Waals surface area (Å²) in [6.45, 7) is 0.611. The van der Waals surface area contributed by atoms with Gasteiger partial charge in [0.25, 0.3) is 5.91 Å². The van der Waals surface area contributed by atoms with Crippen LogP contribution in [0.15, 0.2) is 85.2 Å². The largest absolute Gasteiger partial charge is 0.354 e. The van der Waals surface area contributed by atoms with Gasteiger partial charge in [0.15, 0.2) is 0 Å². The minimum atomic E-state index is -0.169. The van der Waals surface area contributed by atoms with Crippen molar-refractivity contribution in [3.05, 3.63) is 96.4 Å². The number of aryl methyl sites for hydroxylation is 1. The number of hydrogen-bond acceptors (Lipinski definition) is 4. The van der Waals surface area contributed by atoms with Crippen molar-refractivity contribution >= 4 is 28.2 Å². The highest BCUT2D eigenvalue weighted by molar-refractivity contribution is 5.95. The Balaban J connectivity index is 1.38. The summed E-state index contributed by atoms with van der Waals surface area (Å²) in [5.74, 6) is -0.169. The highest BCUT2D eigenvalue weighted by atomic mass is 16.1.